The minimum absolute atomic E-state index is 0.991. The largest absolute Gasteiger partial charge is 0.461 e. The molecule has 2 rings (SSSR count). The third-order valence-corrected chi connectivity index (χ3v) is 3.80. The maximum absolute atomic E-state index is 5.85. The van der Waals surface area contributed by atoms with E-state index in [1.54, 1.807) is 0 Å². The van der Waals surface area contributed by atoms with Gasteiger partial charge in [-0.05, 0) is 30.7 Å². The van der Waals surface area contributed by atoms with Gasteiger partial charge in [0.15, 0.2) is 0 Å². The lowest BCUT2D eigenvalue weighted by Crippen LogP contribution is -1.83. The molecule has 1 heterocycles. The van der Waals surface area contributed by atoms with Crippen LogP contribution in [0.2, 0.25) is 0 Å². The van der Waals surface area contributed by atoms with E-state index >= 15 is 0 Å². The Bertz CT molecular complexity index is 487. The van der Waals surface area contributed by atoms with Crippen molar-refractivity contribution in [2.24, 2.45) is 0 Å². The van der Waals surface area contributed by atoms with E-state index < -0.39 is 0 Å². The van der Waals surface area contributed by atoms with Gasteiger partial charge < -0.3 is 4.42 Å². The molecule has 0 spiro atoms. The molecule has 0 amide bonds. The van der Waals surface area contributed by atoms with Gasteiger partial charge in [0, 0.05) is 16.3 Å². The Morgan fingerprint density at radius 3 is 2.61 bits per heavy atom. The number of fused-ring (bicyclic) bond motifs is 1. The molecule has 1 aromatic carbocycles. The van der Waals surface area contributed by atoms with Crippen LogP contribution < -0.4 is 0 Å². The van der Waals surface area contributed by atoms with Crippen LogP contribution in [0, 0.1) is 0 Å². The lowest BCUT2D eigenvalue weighted by Gasteiger charge is -1.98. The first-order valence-corrected chi connectivity index (χ1v) is 7.77. The first-order chi connectivity index (χ1) is 8.79. The van der Waals surface area contributed by atoms with Crippen LogP contribution in [0.1, 0.15) is 51.2 Å². The summed E-state index contributed by atoms with van der Waals surface area (Å²) in [5.41, 5.74) is 0.991. The van der Waals surface area contributed by atoms with Crippen LogP contribution in [0.5, 0.6) is 0 Å². The van der Waals surface area contributed by atoms with Gasteiger partial charge in [-0.15, -0.1) is 0 Å². The van der Waals surface area contributed by atoms with Gasteiger partial charge >= 0.3 is 0 Å². The number of aryl methyl sites for hydroxylation is 1. The van der Waals surface area contributed by atoms with E-state index in [0.717, 1.165) is 22.2 Å². The lowest BCUT2D eigenvalue weighted by molar-refractivity contribution is 0.521. The molecule has 0 aliphatic rings. The topological polar surface area (TPSA) is 13.1 Å². The molecule has 18 heavy (non-hydrogen) atoms. The Balaban J connectivity index is 1.81. The molecule has 0 radical (unpaired) electrons. The van der Waals surface area contributed by atoms with Crippen LogP contribution in [0.3, 0.4) is 0 Å². The summed E-state index contributed by atoms with van der Waals surface area (Å²) in [7, 11) is 0. The zero-order valence-electron chi connectivity index (χ0n) is 11.0. The highest BCUT2D eigenvalue weighted by Crippen LogP contribution is 2.24. The minimum Gasteiger partial charge on any atom is -0.461 e. The Morgan fingerprint density at radius 1 is 1.00 bits per heavy atom. The zero-order chi connectivity index (χ0) is 12.8. The molecule has 1 aromatic heterocycles. The van der Waals surface area contributed by atoms with Gasteiger partial charge in [0.1, 0.15) is 11.3 Å². The minimum atomic E-state index is 0.991. The first-order valence-electron chi connectivity index (χ1n) is 6.97. The molecule has 2 aromatic rings. The molecule has 0 aliphatic carbocycles. The van der Waals surface area contributed by atoms with Gasteiger partial charge in [-0.2, -0.15) is 0 Å². The van der Waals surface area contributed by atoms with Crippen molar-refractivity contribution in [3.8, 4) is 0 Å². The van der Waals surface area contributed by atoms with Crippen LogP contribution in [-0.4, -0.2) is 0 Å². The van der Waals surface area contributed by atoms with Crippen molar-refractivity contribution in [2.75, 3.05) is 0 Å². The number of hydrogen-bond acceptors (Lipinski definition) is 1. The molecule has 0 N–H and O–H groups in total. The number of unbranched alkanes of at least 4 members (excludes halogenated alkanes) is 5. The molecule has 0 saturated carbocycles. The van der Waals surface area contributed by atoms with E-state index in [4.69, 9.17) is 4.42 Å². The highest BCUT2D eigenvalue weighted by Gasteiger charge is 2.03. The average Bonchev–Trinajstić information content (AvgIpc) is 2.75. The molecular weight excluding hydrogens is 288 g/mol. The second kappa shape index (κ2) is 6.98. The number of rotatable bonds is 7. The average molecular weight is 309 g/mol. The maximum Gasteiger partial charge on any atom is 0.135 e. The van der Waals surface area contributed by atoms with E-state index in [1.165, 1.54) is 43.9 Å². The Labute approximate surface area is 118 Å². The maximum atomic E-state index is 5.85. The van der Waals surface area contributed by atoms with Crippen molar-refractivity contribution in [2.45, 2.75) is 51.9 Å². The second-order valence-electron chi connectivity index (χ2n) is 4.91. The van der Waals surface area contributed by atoms with Crippen LogP contribution in [0.15, 0.2) is 33.2 Å². The van der Waals surface area contributed by atoms with E-state index in [2.05, 4.69) is 41.1 Å². The molecule has 0 bridgehead atoms. The van der Waals surface area contributed by atoms with Gasteiger partial charge in [0.2, 0.25) is 0 Å². The Kier molecular flexibility index (Phi) is 5.30. The molecular formula is C16H21BrO. The quantitative estimate of drug-likeness (QED) is 0.563. The molecule has 2 heteroatoms. The van der Waals surface area contributed by atoms with Gasteiger partial charge in [0.25, 0.3) is 0 Å². The SMILES string of the molecule is CCCCCCCCc1cc2ccc(Br)cc2o1. The van der Waals surface area contributed by atoms with Crippen molar-refractivity contribution in [3.63, 3.8) is 0 Å². The van der Waals surface area contributed by atoms with Crippen molar-refractivity contribution in [1.82, 2.24) is 0 Å². The number of furan rings is 1. The smallest absolute Gasteiger partial charge is 0.135 e. The lowest BCUT2D eigenvalue weighted by atomic mass is 10.1. The third kappa shape index (κ3) is 3.88. The second-order valence-corrected chi connectivity index (χ2v) is 5.83. The van der Waals surface area contributed by atoms with E-state index in [1.807, 2.05) is 6.07 Å². The standard InChI is InChI=1S/C16H21BrO/c1-2-3-4-5-6-7-8-15-11-13-9-10-14(17)12-16(13)18-15/h9-12H,2-8H2,1H3. The van der Waals surface area contributed by atoms with E-state index in [9.17, 15) is 0 Å². The van der Waals surface area contributed by atoms with Crippen LogP contribution >= 0.6 is 15.9 Å². The molecule has 0 atom stereocenters. The monoisotopic (exact) mass is 308 g/mol. The molecule has 1 nitrogen and oxygen atoms in total. The van der Waals surface area contributed by atoms with Crippen LogP contribution in [0.4, 0.5) is 0 Å². The zero-order valence-corrected chi connectivity index (χ0v) is 12.6. The van der Waals surface area contributed by atoms with Gasteiger partial charge in [-0.1, -0.05) is 55.0 Å². The summed E-state index contributed by atoms with van der Waals surface area (Å²) in [5, 5.41) is 1.21. The summed E-state index contributed by atoms with van der Waals surface area (Å²) in [6.07, 6.45) is 9.06. The number of halogens is 1. The van der Waals surface area contributed by atoms with Crippen LogP contribution in [-0.2, 0) is 6.42 Å². The molecule has 0 fully saturated rings. The van der Waals surface area contributed by atoms with Gasteiger partial charge in [-0.25, -0.2) is 0 Å². The molecule has 0 saturated heterocycles. The molecule has 98 valence electrons. The van der Waals surface area contributed by atoms with Crippen LogP contribution in [0.25, 0.3) is 11.0 Å². The van der Waals surface area contributed by atoms with E-state index in [0.29, 0.717) is 0 Å². The summed E-state index contributed by atoms with van der Waals surface area (Å²) in [6.45, 7) is 2.26. The normalized spacial score (nSPS) is 11.2. The van der Waals surface area contributed by atoms with Crippen molar-refractivity contribution >= 4 is 26.9 Å². The predicted octanol–water partition coefficient (Wildman–Crippen LogP) is 6.10. The van der Waals surface area contributed by atoms with Gasteiger partial charge in [-0.3, -0.25) is 0 Å². The summed E-state index contributed by atoms with van der Waals surface area (Å²) >= 11 is 3.47. The Morgan fingerprint density at radius 2 is 1.78 bits per heavy atom. The fraction of sp³-hybridized carbons (Fsp3) is 0.500. The van der Waals surface area contributed by atoms with Gasteiger partial charge in [0.05, 0.1) is 0 Å². The summed E-state index contributed by atoms with van der Waals surface area (Å²) in [5.74, 6) is 1.12. The summed E-state index contributed by atoms with van der Waals surface area (Å²) in [6, 6.07) is 8.38. The number of hydrogen-bond donors (Lipinski definition) is 0. The molecule has 0 unspecified atom stereocenters. The summed E-state index contributed by atoms with van der Waals surface area (Å²) < 4.78 is 6.93. The highest BCUT2D eigenvalue weighted by atomic mass is 79.9. The molecule has 0 aliphatic heterocycles. The van der Waals surface area contributed by atoms with Crippen molar-refractivity contribution in [1.29, 1.82) is 0 Å². The van der Waals surface area contributed by atoms with E-state index in [-0.39, 0.29) is 0 Å². The predicted molar refractivity (Wildman–Crippen MR) is 81.0 cm³/mol. The fourth-order valence-corrected chi connectivity index (χ4v) is 2.60. The highest BCUT2D eigenvalue weighted by molar-refractivity contribution is 9.10. The fourth-order valence-electron chi connectivity index (χ4n) is 2.26. The number of benzene rings is 1. The van der Waals surface area contributed by atoms with Crippen molar-refractivity contribution in [3.05, 3.63) is 34.5 Å². The summed E-state index contributed by atoms with van der Waals surface area (Å²) in [4.78, 5) is 0. The Hall–Kier alpha value is -0.760. The van der Waals surface area contributed by atoms with Crippen molar-refractivity contribution < 1.29 is 4.42 Å². The third-order valence-electron chi connectivity index (χ3n) is 3.31. The first kappa shape index (κ1) is 13.7.